The number of hydrogen-bond donors (Lipinski definition) is 1. The molecule has 0 aliphatic carbocycles. The third kappa shape index (κ3) is 4.32. The van der Waals surface area contributed by atoms with Crippen molar-refractivity contribution in [1.82, 2.24) is 9.80 Å². The van der Waals surface area contributed by atoms with E-state index in [0.29, 0.717) is 6.04 Å². The standard InChI is InChI=1S/C22H34BN3O3/c1-21(2)22(3,4)29-23(28-21)17-9-11-18(12-10-17)24-20(27)26-15-7-8-19(26)16-25-13-5-6-14-25/h9-12,19H,5-8,13-16H2,1-4H3,(H,24,27)/t19-/m0/s1. The molecule has 0 unspecified atom stereocenters. The Bertz CT molecular complexity index is 715. The minimum Gasteiger partial charge on any atom is -0.399 e. The van der Waals surface area contributed by atoms with Crippen molar-refractivity contribution in [2.75, 3.05) is 31.5 Å². The average molecular weight is 399 g/mol. The van der Waals surface area contributed by atoms with Crippen LogP contribution in [0.1, 0.15) is 53.4 Å². The summed E-state index contributed by atoms with van der Waals surface area (Å²) in [5.74, 6) is 0. The van der Waals surface area contributed by atoms with Crippen molar-refractivity contribution in [2.24, 2.45) is 0 Å². The van der Waals surface area contributed by atoms with Gasteiger partial charge in [0.15, 0.2) is 0 Å². The molecular formula is C22H34BN3O3. The summed E-state index contributed by atoms with van der Waals surface area (Å²) in [7, 11) is -0.381. The fourth-order valence-corrected chi connectivity index (χ4v) is 4.45. The minimum absolute atomic E-state index is 0.00933. The van der Waals surface area contributed by atoms with Crippen LogP contribution >= 0.6 is 0 Å². The summed E-state index contributed by atoms with van der Waals surface area (Å²) in [4.78, 5) is 17.4. The van der Waals surface area contributed by atoms with Gasteiger partial charge in [-0.1, -0.05) is 12.1 Å². The molecule has 0 spiro atoms. The molecule has 158 valence electrons. The van der Waals surface area contributed by atoms with Gasteiger partial charge in [0.05, 0.1) is 11.2 Å². The van der Waals surface area contributed by atoms with Gasteiger partial charge in [-0.05, 0) is 84.1 Å². The van der Waals surface area contributed by atoms with Crippen LogP contribution in [0.2, 0.25) is 0 Å². The Balaban J connectivity index is 1.35. The molecule has 0 aromatic heterocycles. The first-order valence-corrected chi connectivity index (χ1v) is 11.0. The van der Waals surface area contributed by atoms with Crippen LogP contribution in [0.4, 0.5) is 10.5 Å². The lowest BCUT2D eigenvalue weighted by Crippen LogP contribution is -2.44. The highest BCUT2D eigenvalue weighted by Crippen LogP contribution is 2.36. The average Bonchev–Trinajstić information content (AvgIpc) is 3.37. The molecule has 29 heavy (non-hydrogen) atoms. The number of carbonyl (C=O) groups is 1. The van der Waals surface area contributed by atoms with E-state index >= 15 is 0 Å². The second-order valence-corrected chi connectivity index (χ2v) is 9.64. The molecular weight excluding hydrogens is 365 g/mol. The molecule has 4 rings (SSSR count). The van der Waals surface area contributed by atoms with Gasteiger partial charge in [0.2, 0.25) is 0 Å². The van der Waals surface area contributed by atoms with E-state index in [2.05, 4.69) is 37.9 Å². The van der Waals surface area contributed by atoms with E-state index in [9.17, 15) is 4.79 Å². The SMILES string of the molecule is CC1(C)OB(c2ccc(NC(=O)N3CCC[C@H]3CN3CCCC3)cc2)OC1(C)C. The zero-order chi connectivity index (χ0) is 20.6. The number of rotatable bonds is 4. The lowest BCUT2D eigenvalue weighted by Gasteiger charge is -2.32. The highest BCUT2D eigenvalue weighted by atomic mass is 16.7. The molecule has 7 heteroatoms. The molecule has 3 heterocycles. The molecule has 0 radical (unpaired) electrons. The van der Waals surface area contributed by atoms with Gasteiger partial charge in [-0.25, -0.2) is 4.79 Å². The fraction of sp³-hybridized carbons (Fsp3) is 0.682. The van der Waals surface area contributed by atoms with Crippen LogP contribution in [0, 0.1) is 0 Å². The van der Waals surface area contributed by atoms with Crippen molar-refractivity contribution in [2.45, 2.75) is 70.6 Å². The lowest BCUT2D eigenvalue weighted by molar-refractivity contribution is 0.00578. The quantitative estimate of drug-likeness (QED) is 0.791. The molecule has 0 saturated carbocycles. The monoisotopic (exact) mass is 399 g/mol. The molecule has 1 aromatic carbocycles. The van der Waals surface area contributed by atoms with Crippen molar-refractivity contribution in [3.63, 3.8) is 0 Å². The van der Waals surface area contributed by atoms with Gasteiger partial charge in [-0.15, -0.1) is 0 Å². The predicted octanol–water partition coefficient (Wildman–Crippen LogP) is 3.08. The van der Waals surface area contributed by atoms with E-state index < -0.39 is 0 Å². The molecule has 1 atom stereocenters. The van der Waals surface area contributed by atoms with Crippen molar-refractivity contribution in [1.29, 1.82) is 0 Å². The summed E-state index contributed by atoms with van der Waals surface area (Å²) in [5, 5.41) is 3.08. The van der Waals surface area contributed by atoms with Crippen molar-refractivity contribution in [3.8, 4) is 0 Å². The number of hydrogen-bond acceptors (Lipinski definition) is 4. The number of nitrogens with one attached hydrogen (secondary N) is 1. The van der Waals surface area contributed by atoms with Gasteiger partial charge in [-0.3, -0.25) is 0 Å². The number of benzene rings is 1. The number of nitrogens with zero attached hydrogens (tertiary/aromatic N) is 2. The van der Waals surface area contributed by atoms with Crippen LogP contribution in [0.3, 0.4) is 0 Å². The first-order chi connectivity index (χ1) is 13.7. The van der Waals surface area contributed by atoms with Crippen molar-refractivity contribution >= 4 is 24.3 Å². The Morgan fingerprint density at radius 1 is 1.03 bits per heavy atom. The van der Waals surface area contributed by atoms with Crippen molar-refractivity contribution < 1.29 is 14.1 Å². The Morgan fingerprint density at radius 3 is 2.28 bits per heavy atom. The zero-order valence-electron chi connectivity index (χ0n) is 18.2. The van der Waals surface area contributed by atoms with Crippen LogP contribution < -0.4 is 10.8 Å². The summed E-state index contributed by atoms with van der Waals surface area (Å²) in [6.45, 7) is 12.4. The highest BCUT2D eigenvalue weighted by Gasteiger charge is 2.51. The Labute approximate surface area is 175 Å². The van der Waals surface area contributed by atoms with Crippen LogP contribution in [-0.2, 0) is 9.31 Å². The predicted molar refractivity (Wildman–Crippen MR) is 117 cm³/mol. The number of urea groups is 1. The minimum atomic E-state index is -0.381. The van der Waals surface area contributed by atoms with Crippen molar-refractivity contribution in [3.05, 3.63) is 24.3 Å². The molecule has 1 N–H and O–H groups in total. The second-order valence-electron chi connectivity index (χ2n) is 9.64. The van der Waals surface area contributed by atoms with E-state index in [4.69, 9.17) is 9.31 Å². The van der Waals surface area contributed by atoms with Crippen LogP contribution in [0.15, 0.2) is 24.3 Å². The van der Waals surface area contributed by atoms with Gasteiger partial charge in [-0.2, -0.15) is 0 Å². The molecule has 3 aliphatic heterocycles. The first kappa shape index (κ1) is 20.7. The Hall–Kier alpha value is -1.57. The maximum atomic E-state index is 12.9. The largest absolute Gasteiger partial charge is 0.494 e. The van der Waals surface area contributed by atoms with E-state index in [-0.39, 0.29) is 24.4 Å². The number of anilines is 1. The fourth-order valence-electron chi connectivity index (χ4n) is 4.45. The third-order valence-electron chi connectivity index (χ3n) is 6.99. The molecule has 3 fully saturated rings. The topological polar surface area (TPSA) is 54.0 Å². The highest BCUT2D eigenvalue weighted by molar-refractivity contribution is 6.62. The molecule has 0 bridgehead atoms. The van der Waals surface area contributed by atoms with Gasteiger partial charge in [0, 0.05) is 24.8 Å². The molecule has 1 aromatic rings. The van der Waals surface area contributed by atoms with Crippen LogP contribution in [0.5, 0.6) is 0 Å². The molecule has 3 saturated heterocycles. The molecule has 6 nitrogen and oxygen atoms in total. The van der Waals surface area contributed by atoms with E-state index in [1.54, 1.807) is 0 Å². The zero-order valence-corrected chi connectivity index (χ0v) is 18.2. The smallest absolute Gasteiger partial charge is 0.399 e. The van der Waals surface area contributed by atoms with Crippen LogP contribution in [-0.4, -0.2) is 66.4 Å². The van der Waals surface area contributed by atoms with E-state index in [1.807, 2.05) is 29.2 Å². The van der Waals surface area contributed by atoms with Gasteiger partial charge < -0.3 is 24.4 Å². The first-order valence-electron chi connectivity index (χ1n) is 11.0. The maximum Gasteiger partial charge on any atom is 0.494 e. The third-order valence-corrected chi connectivity index (χ3v) is 6.99. The van der Waals surface area contributed by atoms with Crippen LogP contribution in [0.25, 0.3) is 0 Å². The second kappa shape index (κ2) is 7.93. The summed E-state index contributed by atoms with van der Waals surface area (Å²) < 4.78 is 12.2. The lowest BCUT2D eigenvalue weighted by atomic mass is 9.79. The van der Waals surface area contributed by atoms with Gasteiger partial charge >= 0.3 is 13.1 Å². The normalized spacial score (nSPS) is 26.3. The number of carbonyl (C=O) groups excluding carboxylic acids is 1. The summed E-state index contributed by atoms with van der Waals surface area (Å²) in [6.07, 6.45) is 4.76. The Kier molecular flexibility index (Phi) is 5.66. The summed E-state index contributed by atoms with van der Waals surface area (Å²) >= 11 is 0. The number of amides is 2. The van der Waals surface area contributed by atoms with E-state index in [0.717, 1.165) is 37.1 Å². The molecule has 2 amide bonds. The molecule has 3 aliphatic rings. The number of likely N-dealkylation sites (tertiary alicyclic amines) is 2. The summed E-state index contributed by atoms with van der Waals surface area (Å²) in [5.41, 5.74) is 1.06. The van der Waals surface area contributed by atoms with E-state index in [1.165, 1.54) is 25.9 Å². The van der Waals surface area contributed by atoms with Gasteiger partial charge in [0.25, 0.3) is 0 Å². The summed E-state index contributed by atoms with van der Waals surface area (Å²) in [6, 6.07) is 8.16. The Morgan fingerprint density at radius 2 is 1.66 bits per heavy atom. The van der Waals surface area contributed by atoms with Gasteiger partial charge in [0.1, 0.15) is 0 Å². The maximum absolute atomic E-state index is 12.9.